The Kier molecular flexibility index (Phi) is 3.30. The Hall–Kier alpha value is -3.29. The number of hydrogen-bond donors (Lipinski definition) is 1. The average Bonchev–Trinajstić information content (AvgIpc) is 3.29. The summed E-state index contributed by atoms with van der Waals surface area (Å²) in [5.41, 5.74) is 1.86. The summed E-state index contributed by atoms with van der Waals surface area (Å²) < 4.78 is 3.67. The van der Waals surface area contributed by atoms with Crippen molar-refractivity contribution < 1.29 is 4.79 Å². The summed E-state index contributed by atoms with van der Waals surface area (Å²) in [4.78, 5) is 16.4. The molecule has 0 unspecified atom stereocenters. The molecule has 8 heteroatoms. The van der Waals surface area contributed by atoms with E-state index in [0.717, 1.165) is 30.0 Å². The molecule has 4 aromatic rings. The zero-order chi connectivity index (χ0) is 18.6. The summed E-state index contributed by atoms with van der Waals surface area (Å²) in [7, 11) is 0. The molecule has 4 aromatic heterocycles. The Morgan fingerprint density at radius 1 is 1.15 bits per heavy atom. The van der Waals surface area contributed by atoms with Crippen LogP contribution in [-0.2, 0) is 10.2 Å². The van der Waals surface area contributed by atoms with E-state index < -0.39 is 5.41 Å². The second-order valence-electron chi connectivity index (χ2n) is 7.49. The van der Waals surface area contributed by atoms with Gasteiger partial charge >= 0.3 is 0 Å². The number of aromatic nitrogens is 6. The number of carbonyl (C=O) groups is 1. The van der Waals surface area contributed by atoms with Crippen LogP contribution in [0.25, 0.3) is 11.3 Å². The van der Waals surface area contributed by atoms with E-state index >= 15 is 0 Å². The molecule has 4 heterocycles. The Morgan fingerprint density at radius 3 is 2.81 bits per heavy atom. The highest BCUT2D eigenvalue weighted by molar-refractivity contribution is 5.93. The topological polar surface area (TPSA) is 89.5 Å². The van der Waals surface area contributed by atoms with Gasteiger partial charge in [0.25, 0.3) is 0 Å². The van der Waals surface area contributed by atoms with E-state index in [9.17, 15) is 4.79 Å². The van der Waals surface area contributed by atoms with Crippen LogP contribution in [0.1, 0.15) is 38.2 Å². The number of hydrogen-bond acceptors (Lipinski definition) is 5. The molecular weight excluding hydrogens is 342 g/mol. The predicted octanol–water partition coefficient (Wildman–Crippen LogP) is 2.45. The molecule has 0 radical (unpaired) electrons. The standard InChI is InChI=1S/C19H19N7O/c1-19(2,18-23-22-16-5-3-4-10-25(16)18)13-8-9-15-20-14(11-26(15)24-13)21-17(27)12-6-7-12/h3-5,8-12H,6-7H2,1-2H3,(H,21,27). The highest BCUT2D eigenvalue weighted by Gasteiger charge is 2.32. The van der Waals surface area contributed by atoms with Crippen molar-refractivity contribution in [1.29, 1.82) is 0 Å². The molecule has 0 bridgehead atoms. The summed E-state index contributed by atoms with van der Waals surface area (Å²) in [6, 6.07) is 9.66. The van der Waals surface area contributed by atoms with Gasteiger partial charge in [0, 0.05) is 12.1 Å². The molecule has 5 rings (SSSR count). The fourth-order valence-corrected chi connectivity index (χ4v) is 3.23. The van der Waals surface area contributed by atoms with Gasteiger partial charge in [-0.15, -0.1) is 10.2 Å². The zero-order valence-electron chi connectivity index (χ0n) is 15.1. The maximum absolute atomic E-state index is 12.0. The fourth-order valence-electron chi connectivity index (χ4n) is 3.23. The van der Waals surface area contributed by atoms with Crippen LogP contribution in [0, 0.1) is 5.92 Å². The third kappa shape index (κ3) is 2.64. The number of nitrogens with zero attached hydrogens (tertiary/aromatic N) is 6. The Morgan fingerprint density at radius 2 is 2.00 bits per heavy atom. The molecule has 1 aliphatic rings. The van der Waals surface area contributed by atoms with Crippen molar-refractivity contribution in [3.8, 4) is 0 Å². The van der Waals surface area contributed by atoms with Crippen molar-refractivity contribution in [2.45, 2.75) is 32.1 Å². The van der Waals surface area contributed by atoms with E-state index in [2.05, 4.69) is 34.3 Å². The van der Waals surface area contributed by atoms with Crippen LogP contribution >= 0.6 is 0 Å². The fraction of sp³-hybridized carbons (Fsp3) is 0.316. The number of nitrogens with one attached hydrogen (secondary N) is 1. The monoisotopic (exact) mass is 361 g/mol. The average molecular weight is 361 g/mol. The molecule has 27 heavy (non-hydrogen) atoms. The van der Waals surface area contributed by atoms with Crippen LogP contribution in [-0.4, -0.2) is 35.1 Å². The maximum Gasteiger partial charge on any atom is 0.228 e. The predicted molar refractivity (Wildman–Crippen MR) is 99.5 cm³/mol. The Bertz CT molecular complexity index is 1170. The lowest BCUT2D eigenvalue weighted by molar-refractivity contribution is -0.117. The Balaban J connectivity index is 1.52. The number of anilines is 1. The third-order valence-electron chi connectivity index (χ3n) is 5.03. The van der Waals surface area contributed by atoms with Crippen molar-refractivity contribution in [2.75, 3.05) is 5.32 Å². The molecule has 1 aliphatic carbocycles. The number of imidazole rings is 1. The maximum atomic E-state index is 12.0. The van der Waals surface area contributed by atoms with Gasteiger partial charge in [0.05, 0.1) is 17.3 Å². The van der Waals surface area contributed by atoms with Gasteiger partial charge in [-0.25, -0.2) is 9.50 Å². The van der Waals surface area contributed by atoms with Crippen LogP contribution in [0.2, 0.25) is 0 Å². The van der Waals surface area contributed by atoms with E-state index in [1.165, 1.54) is 0 Å². The first kappa shape index (κ1) is 15.9. The van der Waals surface area contributed by atoms with E-state index in [0.29, 0.717) is 11.5 Å². The summed E-state index contributed by atoms with van der Waals surface area (Å²) in [5.74, 6) is 1.52. The second-order valence-corrected chi connectivity index (χ2v) is 7.49. The molecule has 1 fully saturated rings. The number of carbonyl (C=O) groups excluding carboxylic acids is 1. The minimum absolute atomic E-state index is 0.0360. The molecule has 0 aromatic carbocycles. The van der Waals surface area contributed by atoms with Gasteiger partial charge in [0.2, 0.25) is 5.91 Å². The third-order valence-corrected chi connectivity index (χ3v) is 5.03. The van der Waals surface area contributed by atoms with Gasteiger partial charge in [-0.1, -0.05) is 6.07 Å². The van der Waals surface area contributed by atoms with Crippen molar-refractivity contribution in [1.82, 2.24) is 29.2 Å². The lowest BCUT2D eigenvalue weighted by Crippen LogP contribution is -2.24. The number of amides is 1. The lowest BCUT2D eigenvalue weighted by atomic mass is 9.88. The zero-order valence-corrected chi connectivity index (χ0v) is 15.1. The summed E-state index contributed by atoms with van der Waals surface area (Å²) in [6.45, 7) is 4.13. The summed E-state index contributed by atoms with van der Waals surface area (Å²) in [5, 5.41) is 16.2. The van der Waals surface area contributed by atoms with Gasteiger partial charge in [-0.05, 0) is 51.0 Å². The second kappa shape index (κ2) is 5.60. The van der Waals surface area contributed by atoms with Gasteiger partial charge in [0.15, 0.2) is 17.1 Å². The van der Waals surface area contributed by atoms with E-state index in [4.69, 9.17) is 5.10 Å². The quantitative estimate of drug-likeness (QED) is 0.603. The molecule has 0 saturated heterocycles. The minimum Gasteiger partial charge on any atom is -0.309 e. The summed E-state index contributed by atoms with van der Waals surface area (Å²) in [6.07, 6.45) is 5.62. The minimum atomic E-state index is -0.462. The molecule has 136 valence electrons. The number of pyridine rings is 1. The van der Waals surface area contributed by atoms with Crippen molar-refractivity contribution >= 4 is 23.0 Å². The first-order valence-electron chi connectivity index (χ1n) is 9.00. The normalized spacial score (nSPS) is 14.7. The molecule has 1 N–H and O–H groups in total. The molecule has 0 atom stereocenters. The number of rotatable bonds is 4. The van der Waals surface area contributed by atoms with Crippen molar-refractivity contribution in [3.63, 3.8) is 0 Å². The number of fused-ring (bicyclic) bond motifs is 2. The van der Waals surface area contributed by atoms with Crippen molar-refractivity contribution in [2.24, 2.45) is 5.92 Å². The first-order valence-corrected chi connectivity index (χ1v) is 9.00. The molecular formula is C19H19N7O. The first-order chi connectivity index (χ1) is 13.0. The van der Waals surface area contributed by atoms with Crippen LogP contribution in [0.4, 0.5) is 5.82 Å². The highest BCUT2D eigenvalue weighted by atomic mass is 16.2. The smallest absolute Gasteiger partial charge is 0.228 e. The molecule has 1 saturated carbocycles. The van der Waals surface area contributed by atoms with Gasteiger partial charge in [0.1, 0.15) is 5.82 Å². The molecule has 0 spiro atoms. The van der Waals surface area contributed by atoms with Gasteiger partial charge in [-0.3, -0.25) is 9.20 Å². The summed E-state index contributed by atoms with van der Waals surface area (Å²) >= 11 is 0. The lowest BCUT2D eigenvalue weighted by Gasteiger charge is -2.21. The van der Waals surface area contributed by atoms with Crippen LogP contribution in [0.3, 0.4) is 0 Å². The van der Waals surface area contributed by atoms with Crippen LogP contribution in [0.15, 0.2) is 42.7 Å². The van der Waals surface area contributed by atoms with Crippen molar-refractivity contribution in [3.05, 3.63) is 54.2 Å². The van der Waals surface area contributed by atoms with Crippen LogP contribution in [0.5, 0.6) is 0 Å². The Labute approximate surface area is 155 Å². The SMILES string of the molecule is CC(C)(c1ccc2nc(NC(=O)C3CC3)cn2n1)c1nnc2ccccn12. The van der Waals surface area contributed by atoms with E-state index in [1.54, 1.807) is 10.7 Å². The van der Waals surface area contributed by atoms with Gasteiger partial charge in [-0.2, -0.15) is 5.10 Å². The van der Waals surface area contributed by atoms with E-state index in [1.807, 2.05) is 40.9 Å². The largest absolute Gasteiger partial charge is 0.309 e. The molecule has 0 aliphatic heterocycles. The molecule has 1 amide bonds. The highest BCUT2D eigenvalue weighted by Crippen LogP contribution is 2.31. The van der Waals surface area contributed by atoms with Crippen LogP contribution < -0.4 is 5.32 Å². The molecule has 8 nitrogen and oxygen atoms in total. The van der Waals surface area contributed by atoms with Gasteiger partial charge < -0.3 is 5.32 Å². The van der Waals surface area contributed by atoms with E-state index in [-0.39, 0.29) is 11.8 Å².